The van der Waals surface area contributed by atoms with Gasteiger partial charge in [-0.1, -0.05) is 0 Å². The molecule has 0 N–H and O–H groups in total. The molecule has 0 aliphatic carbocycles. The van der Waals surface area contributed by atoms with Crippen LogP contribution in [0.1, 0.15) is 20.8 Å². The van der Waals surface area contributed by atoms with Crippen molar-refractivity contribution in [2.45, 2.75) is 26.3 Å². The van der Waals surface area contributed by atoms with Crippen LogP contribution in [0.3, 0.4) is 0 Å². The molecule has 1 rings (SSSR count). The van der Waals surface area contributed by atoms with Crippen molar-refractivity contribution >= 4 is 11.7 Å². The van der Waals surface area contributed by atoms with Gasteiger partial charge in [0.1, 0.15) is 11.3 Å². The molecule has 0 heterocycles. The zero-order chi connectivity index (χ0) is 13.8. The number of anilines is 1. The summed E-state index contributed by atoms with van der Waals surface area (Å²) in [6.07, 6.45) is 0. The fraction of sp³-hybridized carbons (Fsp3) is 0.500. The summed E-state index contributed by atoms with van der Waals surface area (Å²) in [4.78, 5) is 13.8. The van der Waals surface area contributed by atoms with Gasteiger partial charge in [-0.2, -0.15) is 0 Å². The first-order chi connectivity index (χ1) is 8.43. The van der Waals surface area contributed by atoms with Crippen molar-refractivity contribution in [3.05, 3.63) is 24.3 Å². The van der Waals surface area contributed by atoms with E-state index in [0.717, 1.165) is 11.4 Å². The number of esters is 1. The number of rotatable bonds is 5. The number of benzene rings is 1. The third-order valence-electron chi connectivity index (χ3n) is 3.07. The van der Waals surface area contributed by atoms with Gasteiger partial charge in [0.25, 0.3) is 0 Å². The molecule has 0 amide bonds. The Labute approximate surface area is 108 Å². The number of carbonyl (C=O) groups is 1. The average molecular weight is 251 g/mol. The highest BCUT2D eigenvalue weighted by atomic mass is 16.5. The number of hydrogen-bond donors (Lipinski definition) is 0. The van der Waals surface area contributed by atoms with Crippen LogP contribution in [0.25, 0.3) is 0 Å². The van der Waals surface area contributed by atoms with E-state index in [1.165, 1.54) is 0 Å². The second-order valence-corrected chi connectivity index (χ2v) is 4.54. The van der Waals surface area contributed by atoms with E-state index < -0.39 is 5.54 Å². The Kier molecular flexibility index (Phi) is 4.59. The minimum Gasteiger partial charge on any atom is -0.497 e. The molecule has 1 aromatic rings. The van der Waals surface area contributed by atoms with E-state index in [2.05, 4.69) is 0 Å². The predicted octanol–water partition coefficient (Wildman–Crippen LogP) is 2.47. The maximum atomic E-state index is 11.9. The molecule has 4 heteroatoms. The summed E-state index contributed by atoms with van der Waals surface area (Å²) < 4.78 is 10.2. The van der Waals surface area contributed by atoms with Crippen molar-refractivity contribution in [1.82, 2.24) is 0 Å². The highest BCUT2D eigenvalue weighted by Crippen LogP contribution is 2.25. The molecule has 0 saturated carbocycles. The smallest absolute Gasteiger partial charge is 0.331 e. The number of methoxy groups -OCH3 is 1. The first kappa shape index (κ1) is 14.4. The summed E-state index contributed by atoms with van der Waals surface area (Å²) in [5, 5.41) is 0. The largest absolute Gasteiger partial charge is 0.497 e. The molecule has 0 unspecified atom stereocenters. The Balaban J connectivity index is 2.90. The van der Waals surface area contributed by atoms with E-state index in [9.17, 15) is 4.79 Å². The lowest BCUT2D eigenvalue weighted by Gasteiger charge is -2.35. The number of carbonyl (C=O) groups excluding carboxylic acids is 1. The standard InChI is InChI=1S/C14H21NO3/c1-6-18-13(16)14(2,3)15(4)11-7-9-12(17-5)10-8-11/h7-10H,6H2,1-5H3. The molecule has 0 spiro atoms. The van der Waals surface area contributed by atoms with Crippen LogP contribution in [-0.2, 0) is 9.53 Å². The highest BCUT2D eigenvalue weighted by molar-refractivity contribution is 5.84. The summed E-state index contributed by atoms with van der Waals surface area (Å²) in [6, 6.07) is 7.57. The van der Waals surface area contributed by atoms with Crippen molar-refractivity contribution in [3.8, 4) is 5.75 Å². The van der Waals surface area contributed by atoms with Crippen LogP contribution >= 0.6 is 0 Å². The molecular weight excluding hydrogens is 230 g/mol. The fourth-order valence-electron chi connectivity index (χ4n) is 1.57. The molecule has 100 valence electrons. The van der Waals surface area contributed by atoms with Crippen LogP contribution in [0.5, 0.6) is 5.75 Å². The molecule has 18 heavy (non-hydrogen) atoms. The third-order valence-corrected chi connectivity index (χ3v) is 3.07. The average Bonchev–Trinajstić information content (AvgIpc) is 2.38. The zero-order valence-electron chi connectivity index (χ0n) is 11.7. The molecule has 0 radical (unpaired) electrons. The Morgan fingerprint density at radius 2 is 1.83 bits per heavy atom. The summed E-state index contributed by atoms with van der Waals surface area (Å²) in [5.41, 5.74) is 0.235. The van der Waals surface area contributed by atoms with Gasteiger partial charge >= 0.3 is 5.97 Å². The maximum Gasteiger partial charge on any atom is 0.331 e. The monoisotopic (exact) mass is 251 g/mol. The van der Waals surface area contributed by atoms with Gasteiger partial charge < -0.3 is 14.4 Å². The maximum absolute atomic E-state index is 11.9. The van der Waals surface area contributed by atoms with Crippen LogP contribution in [0, 0.1) is 0 Å². The zero-order valence-corrected chi connectivity index (χ0v) is 11.7. The molecular formula is C14H21NO3. The Morgan fingerprint density at radius 1 is 1.28 bits per heavy atom. The molecule has 0 bridgehead atoms. The lowest BCUT2D eigenvalue weighted by atomic mass is 10.0. The Hall–Kier alpha value is -1.71. The number of nitrogens with zero attached hydrogens (tertiary/aromatic N) is 1. The van der Waals surface area contributed by atoms with E-state index in [-0.39, 0.29) is 5.97 Å². The van der Waals surface area contributed by atoms with E-state index in [1.807, 2.05) is 50.1 Å². The molecule has 0 aliphatic rings. The molecule has 0 saturated heterocycles. The minimum absolute atomic E-state index is 0.233. The number of likely N-dealkylation sites (N-methyl/N-ethyl adjacent to an activating group) is 1. The van der Waals surface area contributed by atoms with Crippen molar-refractivity contribution in [1.29, 1.82) is 0 Å². The molecule has 0 aliphatic heterocycles. The minimum atomic E-state index is -0.704. The molecule has 4 nitrogen and oxygen atoms in total. The number of ether oxygens (including phenoxy) is 2. The third kappa shape index (κ3) is 2.94. The summed E-state index contributed by atoms with van der Waals surface area (Å²) in [5.74, 6) is 0.560. The van der Waals surface area contributed by atoms with Crippen LogP contribution < -0.4 is 9.64 Å². The van der Waals surface area contributed by atoms with Crippen molar-refractivity contribution in [2.75, 3.05) is 25.7 Å². The van der Waals surface area contributed by atoms with Gasteiger partial charge in [-0.05, 0) is 45.0 Å². The first-order valence-corrected chi connectivity index (χ1v) is 5.98. The van der Waals surface area contributed by atoms with Crippen LogP contribution in [0.4, 0.5) is 5.69 Å². The van der Waals surface area contributed by atoms with Gasteiger partial charge in [-0.3, -0.25) is 0 Å². The van der Waals surface area contributed by atoms with Crippen LogP contribution in [-0.4, -0.2) is 32.3 Å². The SMILES string of the molecule is CCOC(=O)C(C)(C)N(C)c1ccc(OC)cc1. The topological polar surface area (TPSA) is 38.8 Å². The van der Waals surface area contributed by atoms with Gasteiger partial charge in [0, 0.05) is 12.7 Å². The highest BCUT2D eigenvalue weighted by Gasteiger charge is 2.34. The molecule has 0 atom stereocenters. The van der Waals surface area contributed by atoms with Crippen molar-refractivity contribution < 1.29 is 14.3 Å². The predicted molar refractivity (Wildman–Crippen MR) is 72.1 cm³/mol. The van der Waals surface area contributed by atoms with E-state index >= 15 is 0 Å². The summed E-state index contributed by atoms with van der Waals surface area (Å²) in [7, 11) is 3.50. The summed E-state index contributed by atoms with van der Waals surface area (Å²) >= 11 is 0. The lowest BCUT2D eigenvalue weighted by Crippen LogP contribution is -2.49. The van der Waals surface area contributed by atoms with E-state index in [0.29, 0.717) is 6.61 Å². The first-order valence-electron chi connectivity index (χ1n) is 5.98. The number of hydrogen-bond acceptors (Lipinski definition) is 4. The Bertz CT molecular complexity index is 398. The van der Waals surface area contributed by atoms with Crippen LogP contribution in [0.15, 0.2) is 24.3 Å². The van der Waals surface area contributed by atoms with Gasteiger partial charge in [0.2, 0.25) is 0 Å². The molecule has 1 aromatic carbocycles. The normalized spacial score (nSPS) is 10.9. The second-order valence-electron chi connectivity index (χ2n) is 4.54. The van der Waals surface area contributed by atoms with Crippen molar-refractivity contribution in [3.63, 3.8) is 0 Å². The van der Waals surface area contributed by atoms with Gasteiger partial charge in [0.15, 0.2) is 0 Å². The lowest BCUT2D eigenvalue weighted by molar-refractivity contribution is -0.148. The van der Waals surface area contributed by atoms with Gasteiger partial charge in [0.05, 0.1) is 13.7 Å². The van der Waals surface area contributed by atoms with Crippen molar-refractivity contribution in [2.24, 2.45) is 0 Å². The second kappa shape index (κ2) is 5.76. The molecule has 0 aromatic heterocycles. The Morgan fingerprint density at radius 3 is 2.28 bits per heavy atom. The van der Waals surface area contributed by atoms with E-state index in [1.54, 1.807) is 14.0 Å². The van der Waals surface area contributed by atoms with E-state index in [4.69, 9.17) is 9.47 Å². The van der Waals surface area contributed by atoms with Gasteiger partial charge in [-0.15, -0.1) is 0 Å². The van der Waals surface area contributed by atoms with Crippen LogP contribution in [0.2, 0.25) is 0 Å². The molecule has 0 fully saturated rings. The van der Waals surface area contributed by atoms with Gasteiger partial charge in [-0.25, -0.2) is 4.79 Å². The summed E-state index contributed by atoms with van der Waals surface area (Å²) in [6.45, 7) is 5.88. The quantitative estimate of drug-likeness (QED) is 0.754. The fourth-order valence-corrected chi connectivity index (χ4v) is 1.57.